The van der Waals surface area contributed by atoms with Crippen LogP contribution in [0.3, 0.4) is 0 Å². The number of benzene rings is 1. The number of aryl methyl sites for hydroxylation is 3. The van der Waals surface area contributed by atoms with E-state index >= 15 is 0 Å². The van der Waals surface area contributed by atoms with Crippen LogP contribution in [0.15, 0.2) is 12.1 Å². The summed E-state index contributed by atoms with van der Waals surface area (Å²) >= 11 is 0. The van der Waals surface area contributed by atoms with Gasteiger partial charge in [0.05, 0.1) is 11.2 Å². The van der Waals surface area contributed by atoms with Gasteiger partial charge in [-0.05, 0) is 57.0 Å². The third-order valence-electron chi connectivity index (χ3n) is 4.05. The van der Waals surface area contributed by atoms with E-state index < -0.39 is 0 Å². The van der Waals surface area contributed by atoms with Crippen molar-refractivity contribution in [3.05, 3.63) is 29.0 Å². The number of piperidine rings is 1. The highest BCUT2D eigenvalue weighted by Gasteiger charge is 2.22. The fourth-order valence-corrected chi connectivity index (χ4v) is 3.18. The summed E-state index contributed by atoms with van der Waals surface area (Å²) in [6, 6.07) is 4.52. The van der Waals surface area contributed by atoms with E-state index in [1.54, 1.807) is 0 Å². The van der Waals surface area contributed by atoms with Crippen LogP contribution in [0.2, 0.25) is 0 Å². The molecule has 1 fully saturated rings. The minimum Gasteiger partial charge on any atom is -0.317 e. The molecule has 0 unspecified atom stereocenters. The molecule has 0 atom stereocenters. The first-order chi connectivity index (χ1) is 8.66. The summed E-state index contributed by atoms with van der Waals surface area (Å²) in [5.41, 5.74) is 5.28. The van der Waals surface area contributed by atoms with Crippen LogP contribution in [-0.4, -0.2) is 22.9 Å². The van der Waals surface area contributed by atoms with E-state index in [4.69, 9.17) is 5.10 Å². The maximum Gasteiger partial charge on any atom is 0.0737 e. The fraction of sp³-hybridized carbons (Fsp3) is 0.533. The molecular weight excluding hydrogens is 222 g/mol. The van der Waals surface area contributed by atoms with Crippen LogP contribution in [0.25, 0.3) is 10.9 Å². The quantitative estimate of drug-likeness (QED) is 0.834. The summed E-state index contributed by atoms with van der Waals surface area (Å²) in [5.74, 6) is 0.622. The Morgan fingerprint density at radius 3 is 2.67 bits per heavy atom. The Morgan fingerprint density at radius 1 is 1.22 bits per heavy atom. The van der Waals surface area contributed by atoms with Crippen molar-refractivity contribution < 1.29 is 0 Å². The first-order valence-electron chi connectivity index (χ1n) is 6.81. The lowest BCUT2D eigenvalue weighted by atomic mass is 9.91. The van der Waals surface area contributed by atoms with E-state index in [1.165, 1.54) is 40.6 Å². The van der Waals surface area contributed by atoms with Gasteiger partial charge in [-0.2, -0.15) is 5.10 Å². The molecule has 1 aliphatic rings. The van der Waals surface area contributed by atoms with Gasteiger partial charge < -0.3 is 5.32 Å². The summed E-state index contributed by atoms with van der Waals surface area (Å²) in [5, 5.41) is 9.62. The van der Waals surface area contributed by atoms with Gasteiger partial charge >= 0.3 is 0 Å². The molecule has 3 rings (SSSR count). The van der Waals surface area contributed by atoms with Gasteiger partial charge in [-0.15, -0.1) is 0 Å². The smallest absolute Gasteiger partial charge is 0.0737 e. The highest BCUT2D eigenvalue weighted by molar-refractivity contribution is 5.86. The van der Waals surface area contributed by atoms with E-state index in [2.05, 4.69) is 38.3 Å². The van der Waals surface area contributed by atoms with Crippen molar-refractivity contribution in [1.29, 1.82) is 0 Å². The van der Waals surface area contributed by atoms with Crippen molar-refractivity contribution in [3.8, 4) is 0 Å². The van der Waals surface area contributed by atoms with Crippen LogP contribution < -0.4 is 5.32 Å². The molecule has 1 aromatic carbocycles. The Morgan fingerprint density at radius 2 is 1.94 bits per heavy atom. The molecule has 3 heteroatoms. The number of hydrogen-bond acceptors (Lipinski definition) is 2. The minimum absolute atomic E-state index is 0.622. The Balaban J connectivity index is 2.17. The zero-order chi connectivity index (χ0) is 12.7. The van der Waals surface area contributed by atoms with E-state index in [1.807, 2.05) is 4.68 Å². The lowest BCUT2D eigenvalue weighted by Gasteiger charge is -2.21. The third kappa shape index (κ3) is 1.83. The molecule has 3 nitrogen and oxygen atoms in total. The number of nitrogens with one attached hydrogen (secondary N) is 1. The minimum atomic E-state index is 0.622. The Hall–Kier alpha value is -1.35. The molecule has 1 aromatic heterocycles. The topological polar surface area (TPSA) is 29.9 Å². The van der Waals surface area contributed by atoms with Crippen molar-refractivity contribution in [1.82, 2.24) is 15.1 Å². The molecule has 0 saturated carbocycles. The van der Waals surface area contributed by atoms with Crippen LogP contribution in [-0.2, 0) is 7.05 Å². The third-order valence-corrected chi connectivity index (χ3v) is 4.05. The molecule has 1 N–H and O–H groups in total. The van der Waals surface area contributed by atoms with Crippen molar-refractivity contribution in [2.45, 2.75) is 32.6 Å². The van der Waals surface area contributed by atoms with Crippen LogP contribution in [0.5, 0.6) is 0 Å². The molecule has 1 aliphatic heterocycles. The van der Waals surface area contributed by atoms with Gasteiger partial charge in [0.15, 0.2) is 0 Å². The van der Waals surface area contributed by atoms with Crippen molar-refractivity contribution in [2.75, 3.05) is 13.1 Å². The largest absolute Gasteiger partial charge is 0.317 e. The molecule has 1 saturated heterocycles. The Kier molecular flexibility index (Phi) is 2.86. The number of nitrogens with zero attached hydrogens (tertiary/aromatic N) is 2. The summed E-state index contributed by atoms with van der Waals surface area (Å²) in [6.45, 7) is 6.60. The fourth-order valence-electron chi connectivity index (χ4n) is 3.18. The second-order valence-electron chi connectivity index (χ2n) is 5.51. The van der Waals surface area contributed by atoms with Gasteiger partial charge in [0.1, 0.15) is 0 Å². The highest BCUT2D eigenvalue weighted by Crippen LogP contribution is 2.32. The summed E-state index contributed by atoms with van der Waals surface area (Å²) in [7, 11) is 2.06. The summed E-state index contributed by atoms with van der Waals surface area (Å²) in [4.78, 5) is 0. The average molecular weight is 243 g/mol. The summed E-state index contributed by atoms with van der Waals surface area (Å²) < 4.78 is 2.05. The first-order valence-corrected chi connectivity index (χ1v) is 6.81. The van der Waals surface area contributed by atoms with Gasteiger partial charge in [0, 0.05) is 18.4 Å². The second kappa shape index (κ2) is 4.39. The number of fused-ring (bicyclic) bond motifs is 1. The van der Waals surface area contributed by atoms with E-state index in [0.29, 0.717) is 5.92 Å². The molecule has 0 radical (unpaired) electrons. The standard InChI is InChI=1S/C15H21N3/c1-10-8-11(2)14-13(9-10)18(3)17-15(14)12-4-6-16-7-5-12/h8-9,12,16H,4-7H2,1-3H3. The normalized spacial score (nSPS) is 17.5. The molecule has 18 heavy (non-hydrogen) atoms. The van der Waals surface area contributed by atoms with Gasteiger partial charge in [0.25, 0.3) is 0 Å². The lowest BCUT2D eigenvalue weighted by Crippen LogP contribution is -2.27. The van der Waals surface area contributed by atoms with Crippen LogP contribution in [0.4, 0.5) is 0 Å². The maximum absolute atomic E-state index is 4.80. The van der Waals surface area contributed by atoms with Crippen LogP contribution in [0.1, 0.15) is 35.6 Å². The predicted octanol–water partition coefficient (Wildman–Crippen LogP) is 2.66. The van der Waals surface area contributed by atoms with E-state index in [-0.39, 0.29) is 0 Å². The summed E-state index contributed by atoms with van der Waals surface area (Å²) in [6.07, 6.45) is 2.42. The zero-order valence-corrected chi connectivity index (χ0v) is 11.5. The maximum atomic E-state index is 4.80. The Labute approximate surface area is 108 Å². The molecule has 96 valence electrons. The van der Waals surface area contributed by atoms with E-state index in [9.17, 15) is 0 Å². The molecule has 0 spiro atoms. The Bertz CT molecular complexity index is 577. The number of aromatic nitrogens is 2. The molecule has 0 bridgehead atoms. The molecule has 0 aliphatic carbocycles. The van der Waals surface area contributed by atoms with Crippen LogP contribution in [0, 0.1) is 13.8 Å². The van der Waals surface area contributed by atoms with Crippen molar-refractivity contribution >= 4 is 10.9 Å². The average Bonchev–Trinajstić information content (AvgIpc) is 2.68. The molecule has 2 heterocycles. The predicted molar refractivity (Wildman–Crippen MR) is 75.0 cm³/mol. The number of rotatable bonds is 1. The first kappa shape index (κ1) is 11.7. The zero-order valence-electron chi connectivity index (χ0n) is 11.5. The van der Waals surface area contributed by atoms with Gasteiger partial charge in [0.2, 0.25) is 0 Å². The molecular formula is C15H21N3. The highest BCUT2D eigenvalue weighted by atomic mass is 15.3. The monoisotopic (exact) mass is 243 g/mol. The van der Waals surface area contributed by atoms with Gasteiger partial charge in [-0.25, -0.2) is 0 Å². The van der Waals surface area contributed by atoms with Crippen molar-refractivity contribution in [3.63, 3.8) is 0 Å². The van der Waals surface area contributed by atoms with E-state index in [0.717, 1.165) is 13.1 Å². The van der Waals surface area contributed by atoms with Crippen LogP contribution >= 0.6 is 0 Å². The second-order valence-corrected chi connectivity index (χ2v) is 5.51. The van der Waals surface area contributed by atoms with Gasteiger partial charge in [-0.1, -0.05) is 6.07 Å². The van der Waals surface area contributed by atoms with Crippen molar-refractivity contribution in [2.24, 2.45) is 7.05 Å². The number of hydrogen-bond donors (Lipinski definition) is 1. The SMILES string of the molecule is Cc1cc(C)c2c(C3CCNCC3)nn(C)c2c1. The van der Waals surface area contributed by atoms with Gasteiger partial charge in [-0.3, -0.25) is 4.68 Å². The molecule has 2 aromatic rings. The lowest BCUT2D eigenvalue weighted by molar-refractivity contribution is 0.451. The molecule has 0 amide bonds.